The molecule has 1 fully saturated rings. The molecule has 1 atom stereocenters. The van der Waals surface area contributed by atoms with Gasteiger partial charge < -0.3 is 10.0 Å². The monoisotopic (exact) mass is 282 g/mol. The minimum absolute atomic E-state index is 0.125. The lowest BCUT2D eigenvalue weighted by atomic mass is 10.0. The molecular weight excluding hydrogens is 256 g/mol. The van der Waals surface area contributed by atoms with Crippen LogP contribution in [0, 0.1) is 0 Å². The van der Waals surface area contributed by atoms with E-state index in [-0.39, 0.29) is 6.61 Å². The zero-order valence-corrected chi connectivity index (χ0v) is 13.2. The Kier molecular flexibility index (Phi) is 5.22. The minimum Gasteiger partial charge on any atom is -0.391 e. The highest BCUT2D eigenvalue weighted by Crippen LogP contribution is 2.35. The molecule has 0 aliphatic heterocycles. The summed E-state index contributed by atoms with van der Waals surface area (Å²) in [6.45, 7) is 7.73. The van der Waals surface area contributed by atoms with Crippen LogP contribution in [0.1, 0.15) is 69.4 Å². The van der Waals surface area contributed by atoms with Gasteiger partial charge >= 0.3 is 0 Å². The van der Waals surface area contributed by atoms with Gasteiger partial charge in [0.1, 0.15) is 0 Å². The average molecular weight is 282 g/mol. The highest BCUT2D eigenvalue weighted by atomic mass is 32.1. The summed E-state index contributed by atoms with van der Waals surface area (Å²) in [4.78, 5) is 8.36. The van der Waals surface area contributed by atoms with Crippen molar-refractivity contribution in [2.45, 2.75) is 71.4 Å². The van der Waals surface area contributed by atoms with E-state index in [1.807, 2.05) is 0 Å². The second-order valence-electron chi connectivity index (χ2n) is 5.50. The Labute approximate surface area is 120 Å². The van der Waals surface area contributed by atoms with Crippen molar-refractivity contribution >= 4 is 16.5 Å². The van der Waals surface area contributed by atoms with Gasteiger partial charge in [-0.3, -0.25) is 0 Å². The molecule has 1 heterocycles. The van der Waals surface area contributed by atoms with Gasteiger partial charge in [-0.2, -0.15) is 0 Å². The third-order valence-corrected chi connectivity index (χ3v) is 5.38. The molecule has 0 bridgehead atoms. The van der Waals surface area contributed by atoms with Crippen molar-refractivity contribution in [3.8, 4) is 0 Å². The number of anilines is 1. The summed E-state index contributed by atoms with van der Waals surface area (Å²) >= 11 is 1.69. The fraction of sp³-hybridized carbons (Fsp3) is 0.800. The van der Waals surface area contributed by atoms with E-state index in [1.165, 1.54) is 25.7 Å². The highest BCUT2D eigenvalue weighted by molar-refractivity contribution is 7.15. The Morgan fingerprint density at radius 3 is 2.58 bits per heavy atom. The Morgan fingerprint density at radius 2 is 2.05 bits per heavy atom. The lowest BCUT2D eigenvalue weighted by molar-refractivity contribution is 0.283. The smallest absolute Gasteiger partial charge is 0.186 e. The number of thiazole rings is 1. The first-order valence-electron chi connectivity index (χ1n) is 7.58. The molecule has 108 valence electrons. The number of aliphatic hydroxyl groups excluding tert-OH is 1. The topological polar surface area (TPSA) is 36.4 Å². The molecule has 1 N–H and O–H groups in total. The summed E-state index contributed by atoms with van der Waals surface area (Å²) in [6, 6.07) is 0.660. The van der Waals surface area contributed by atoms with Crippen LogP contribution in [0.2, 0.25) is 0 Å². The van der Waals surface area contributed by atoms with Gasteiger partial charge in [0.25, 0.3) is 0 Å². The molecule has 4 heteroatoms. The molecule has 0 saturated heterocycles. The zero-order chi connectivity index (χ0) is 13.8. The van der Waals surface area contributed by atoms with Crippen LogP contribution in [-0.4, -0.2) is 22.7 Å². The second-order valence-corrected chi connectivity index (χ2v) is 6.56. The zero-order valence-electron chi connectivity index (χ0n) is 12.4. The third-order valence-electron chi connectivity index (χ3n) is 4.29. The van der Waals surface area contributed by atoms with Gasteiger partial charge in [0.05, 0.1) is 17.2 Å². The number of aromatic nitrogens is 1. The van der Waals surface area contributed by atoms with Crippen molar-refractivity contribution in [3.63, 3.8) is 0 Å². The molecule has 19 heavy (non-hydrogen) atoms. The quantitative estimate of drug-likeness (QED) is 0.859. The number of aliphatic hydroxyl groups is 1. The van der Waals surface area contributed by atoms with Crippen molar-refractivity contribution in [1.29, 1.82) is 0 Å². The third kappa shape index (κ3) is 3.11. The molecule has 1 aromatic rings. The van der Waals surface area contributed by atoms with Gasteiger partial charge in [0.2, 0.25) is 0 Å². The standard InChI is InChI=1S/C15H26N2OS/c1-4-11(3)14-13(10-18)19-15(16-14)17(5-2)12-8-6-7-9-12/h11-12,18H,4-10H2,1-3H3. The van der Waals surface area contributed by atoms with Gasteiger partial charge in [-0.1, -0.05) is 38.0 Å². The molecule has 2 rings (SSSR count). The Morgan fingerprint density at radius 1 is 1.37 bits per heavy atom. The normalized spacial score (nSPS) is 17.9. The molecule has 1 unspecified atom stereocenters. The minimum atomic E-state index is 0.125. The summed E-state index contributed by atoms with van der Waals surface area (Å²) in [7, 11) is 0. The SMILES string of the molecule is CCC(C)c1nc(N(CC)C2CCCC2)sc1CO. The van der Waals surface area contributed by atoms with Crippen molar-refractivity contribution in [2.24, 2.45) is 0 Å². The molecule has 0 amide bonds. The van der Waals surface area contributed by atoms with Crippen LogP contribution in [0.15, 0.2) is 0 Å². The van der Waals surface area contributed by atoms with Crippen molar-refractivity contribution < 1.29 is 5.11 Å². The molecule has 0 radical (unpaired) electrons. The van der Waals surface area contributed by atoms with E-state index in [2.05, 4.69) is 25.7 Å². The highest BCUT2D eigenvalue weighted by Gasteiger charge is 2.25. The molecule has 0 aromatic carbocycles. The van der Waals surface area contributed by atoms with E-state index >= 15 is 0 Å². The van der Waals surface area contributed by atoms with Gasteiger partial charge in [-0.15, -0.1) is 0 Å². The summed E-state index contributed by atoms with van der Waals surface area (Å²) in [5.41, 5.74) is 1.11. The Hall–Kier alpha value is -0.610. The van der Waals surface area contributed by atoms with E-state index in [0.717, 1.165) is 28.7 Å². The maximum absolute atomic E-state index is 9.55. The lowest BCUT2D eigenvalue weighted by Crippen LogP contribution is -2.32. The van der Waals surface area contributed by atoms with Gasteiger partial charge in [0.15, 0.2) is 5.13 Å². The van der Waals surface area contributed by atoms with Crippen LogP contribution in [-0.2, 0) is 6.61 Å². The fourth-order valence-electron chi connectivity index (χ4n) is 2.93. The van der Waals surface area contributed by atoms with E-state index in [4.69, 9.17) is 4.98 Å². The number of hydrogen-bond acceptors (Lipinski definition) is 4. The summed E-state index contributed by atoms with van der Waals surface area (Å²) in [6.07, 6.45) is 6.35. The van der Waals surface area contributed by atoms with Gasteiger partial charge in [0, 0.05) is 12.6 Å². The van der Waals surface area contributed by atoms with Crippen LogP contribution in [0.3, 0.4) is 0 Å². The van der Waals surface area contributed by atoms with E-state index in [9.17, 15) is 5.11 Å². The molecule has 1 aliphatic carbocycles. The number of hydrogen-bond donors (Lipinski definition) is 1. The summed E-state index contributed by atoms with van der Waals surface area (Å²) in [5, 5.41) is 10.7. The maximum atomic E-state index is 9.55. The van der Waals surface area contributed by atoms with Crippen LogP contribution in [0.5, 0.6) is 0 Å². The van der Waals surface area contributed by atoms with Gasteiger partial charge in [-0.25, -0.2) is 4.98 Å². The number of nitrogens with zero attached hydrogens (tertiary/aromatic N) is 2. The predicted molar refractivity (Wildman–Crippen MR) is 82.0 cm³/mol. The first-order chi connectivity index (χ1) is 9.21. The average Bonchev–Trinajstić information content (AvgIpc) is 3.08. The first kappa shape index (κ1) is 14.8. The fourth-order valence-corrected chi connectivity index (χ4v) is 4.11. The van der Waals surface area contributed by atoms with Crippen LogP contribution >= 0.6 is 11.3 Å². The molecule has 1 saturated carbocycles. The number of rotatable bonds is 6. The molecule has 1 aromatic heterocycles. The van der Waals surface area contributed by atoms with E-state index < -0.39 is 0 Å². The largest absolute Gasteiger partial charge is 0.391 e. The maximum Gasteiger partial charge on any atom is 0.186 e. The van der Waals surface area contributed by atoms with Crippen LogP contribution < -0.4 is 4.90 Å². The summed E-state index contributed by atoms with van der Waals surface area (Å²) < 4.78 is 0. The van der Waals surface area contributed by atoms with Crippen molar-refractivity contribution in [3.05, 3.63) is 10.6 Å². The van der Waals surface area contributed by atoms with Crippen molar-refractivity contribution in [1.82, 2.24) is 4.98 Å². The lowest BCUT2D eigenvalue weighted by Gasteiger charge is -2.27. The van der Waals surface area contributed by atoms with E-state index in [0.29, 0.717) is 12.0 Å². The Bertz CT molecular complexity index is 399. The summed E-state index contributed by atoms with van der Waals surface area (Å²) in [5.74, 6) is 0.439. The molecule has 1 aliphatic rings. The Balaban J connectivity index is 2.25. The van der Waals surface area contributed by atoms with Crippen LogP contribution in [0.25, 0.3) is 0 Å². The van der Waals surface area contributed by atoms with Gasteiger partial charge in [-0.05, 0) is 32.1 Å². The van der Waals surface area contributed by atoms with E-state index in [1.54, 1.807) is 11.3 Å². The van der Waals surface area contributed by atoms with Crippen molar-refractivity contribution in [2.75, 3.05) is 11.4 Å². The van der Waals surface area contributed by atoms with Crippen LogP contribution in [0.4, 0.5) is 5.13 Å². The predicted octanol–water partition coefficient (Wildman–Crippen LogP) is 3.92. The molecule has 3 nitrogen and oxygen atoms in total. The molecule has 0 spiro atoms. The molecular formula is C15H26N2OS. The second kappa shape index (κ2) is 6.71. The first-order valence-corrected chi connectivity index (χ1v) is 8.39.